The van der Waals surface area contributed by atoms with Gasteiger partial charge in [-0.3, -0.25) is 14.8 Å². The fourth-order valence-corrected chi connectivity index (χ4v) is 1.21. The van der Waals surface area contributed by atoms with Gasteiger partial charge in [-0.1, -0.05) is 0 Å². The van der Waals surface area contributed by atoms with E-state index in [4.69, 9.17) is 5.26 Å². The molecule has 0 bridgehead atoms. The van der Waals surface area contributed by atoms with Crippen molar-refractivity contribution in [2.45, 2.75) is 13.3 Å². The molecule has 0 saturated heterocycles. The molecule has 1 rings (SSSR count). The van der Waals surface area contributed by atoms with E-state index in [-0.39, 0.29) is 12.1 Å². The zero-order valence-electron chi connectivity index (χ0n) is 7.31. The van der Waals surface area contributed by atoms with Crippen LogP contribution in [0.25, 0.3) is 0 Å². The number of hydrogen-bond acceptors (Lipinski definition) is 4. The summed E-state index contributed by atoms with van der Waals surface area (Å²) in [4.78, 5) is 10.1. The minimum absolute atomic E-state index is 0.00759. The lowest BCUT2D eigenvalue weighted by Gasteiger charge is -1.93. The molecule has 1 aromatic rings. The maximum Gasteiger partial charge on any atom is 0.314 e. The average molecular weight is 180 g/mol. The third-order valence-electron chi connectivity index (χ3n) is 1.74. The molecule has 0 amide bonds. The van der Waals surface area contributed by atoms with Crippen molar-refractivity contribution in [2.75, 3.05) is 0 Å². The van der Waals surface area contributed by atoms with E-state index >= 15 is 0 Å². The predicted octanol–water partition coefficient (Wildman–Crippen LogP) is 0.703. The Morgan fingerprint density at radius 2 is 2.38 bits per heavy atom. The molecule has 6 heteroatoms. The molecule has 68 valence electrons. The normalized spacial score (nSPS) is 9.62. The van der Waals surface area contributed by atoms with Crippen molar-refractivity contribution in [1.82, 2.24) is 9.78 Å². The molecule has 0 aliphatic carbocycles. The van der Waals surface area contributed by atoms with Crippen molar-refractivity contribution in [1.29, 1.82) is 5.26 Å². The molecule has 1 aromatic heterocycles. The number of hydrogen-bond donors (Lipinski definition) is 0. The summed E-state index contributed by atoms with van der Waals surface area (Å²) in [6.07, 6.45) is 0.00759. The Morgan fingerprint density at radius 3 is 2.85 bits per heavy atom. The van der Waals surface area contributed by atoms with Crippen LogP contribution in [0, 0.1) is 28.4 Å². The van der Waals surface area contributed by atoms with Gasteiger partial charge in [0.1, 0.15) is 11.4 Å². The molecule has 0 unspecified atom stereocenters. The Bertz CT molecular complexity index is 388. The van der Waals surface area contributed by atoms with Gasteiger partial charge in [0.2, 0.25) is 0 Å². The first-order chi connectivity index (χ1) is 6.07. The van der Waals surface area contributed by atoms with Gasteiger partial charge >= 0.3 is 5.69 Å². The fraction of sp³-hybridized carbons (Fsp3) is 0.429. The number of aromatic nitrogens is 2. The largest absolute Gasteiger partial charge is 0.314 e. The molecule has 0 N–H and O–H groups in total. The van der Waals surface area contributed by atoms with E-state index in [2.05, 4.69) is 5.10 Å². The SMILES string of the molecule is Cc1nn(C)c(CC#N)c1[N+](=O)[O-]. The van der Waals surface area contributed by atoms with E-state index in [1.165, 1.54) is 4.68 Å². The maximum atomic E-state index is 10.6. The highest BCUT2D eigenvalue weighted by Crippen LogP contribution is 2.21. The molecule has 0 atom stereocenters. The summed E-state index contributed by atoms with van der Waals surface area (Å²) in [5.41, 5.74) is 0.645. The molecular formula is C7H8N4O2. The molecule has 0 aliphatic rings. The summed E-state index contributed by atoms with van der Waals surface area (Å²) in [5, 5.41) is 22.9. The van der Waals surface area contributed by atoms with Gasteiger partial charge in [-0.05, 0) is 6.92 Å². The van der Waals surface area contributed by atoms with Crippen molar-refractivity contribution in [3.63, 3.8) is 0 Å². The van der Waals surface area contributed by atoms with Gasteiger partial charge in [0, 0.05) is 7.05 Å². The highest BCUT2D eigenvalue weighted by atomic mass is 16.6. The Kier molecular flexibility index (Phi) is 2.28. The number of nitrogens with zero attached hydrogens (tertiary/aromatic N) is 4. The molecule has 13 heavy (non-hydrogen) atoms. The number of rotatable bonds is 2. The first-order valence-electron chi connectivity index (χ1n) is 3.61. The lowest BCUT2D eigenvalue weighted by molar-refractivity contribution is -0.386. The second kappa shape index (κ2) is 3.23. The zero-order chi connectivity index (χ0) is 10.0. The van der Waals surface area contributed by atoms with Crippen LogP contribution in [0.3, 0.4) is 0 Å². The van der Waals surface area contributed by atoms with Crippen LogP contribution in [0.4, 0.5) is 5.69 Å². The van der Waals surface area contributed by atoms with Gasteiger partial charge in [0.15, 0.2) is 0 Å². The first kappa shape index (κ1) is 9.19. The molecule has 0 aromatic carbocycles. The molecule has 0 radical (unpaired) electrons. The van der Waals surface area contributed by atoms with Gasteiger partial charge < -0.3 is 0 Å². The topological polar surface area (TPSA) is 84.8 Å². The first-order valence-corrected chi connectivity index (χ1v) is 3.61. The third kappa shape index (κ3) is 1.49. The number of nitriles is 1. The van der Waals surface area contributed by atoms with Crippen molar-refractivity contribution >= 4 is 5.69 Å². The van der Waals surface area contributed by atoms with Crippen LogP contribution in [0.5, 0.6) is 0 Å². The summed E-state index contributed by atoms with van der Waals surface area (Å²) in [7, 11) is 1.59. The average Bonchev–Trinajstić information content (AvgIpc) is 2.27. The Balaban J connectivity index is 3.31. The molecule has 0 aliphatic heterocycles. The quantitative estimate of drug-likeness (QED) is 0.495. The van der Waals surface area contributed by atoms with E-state index in [1.807, 2.05) is 6.07 Å². The summed E-state index contributed by atoms with van der Waals surface area (Å²) >= 11 is 0. The summed E-state index contributed by atoms with van der Waals surface area (Å²) in [5.74, 6) is 0. The highest BCUT2D eigenvalue weighted by molar-refractivity contribution is 5.41. The van der Waals surface area contributed by atoms with Gasteiger partial charge in [-0.25, -0.2) is 0 Å². The maximum absolute atomic E-state index is 10.6. The van der Waals surface area contributed by atoms with Gasteiger partial charge in [-0.2, -0.15) is 10.4 Å². The minimum Gasteiger partial charge on any atom is -0.264 e. The zero-order valence-corrected chi connectivity index (χ0v) is 7.31. The van der Waals surface area contributed by atoms with Crippen LogP contribution in [0.15, 0.2) is 0 Å². The molecule has 1 heterocycles. The van der Waals surface area contributed by atoms with Crippen LogP contribution in [-0.4, -0.2) is 14.7 Å². The standard InChI is InChI=1S/C7H8N4O2/c1-5-7(11(12)13)6(3-4-8)10(2)9-5/h3H2,1-2H3. The highest BCUT2D eigenvalue weighted by Gasteiger charge is 2.22. The predicted molar refractivity (Wildman–Crippen MR) is 43.9 cm³/mol. The van der Waals surface area contributed by atoms with Gasteiger partial charge in [0.05, 0.1) is 17.4 Å². The number of nitro groups is 1. The van der Waals surface area contributed by atoms with E-state index in [1.54, 1.807) is 14.0 Å². The molecule has 0 fully saturated rings. The summed E-state index contributed by atoms with van der Waals surface area (Å²) in [6.45, 7) is 1.55. The summed E-state index contributed by atoms with van der Waals surface area (Å²) < 4.78 is 1.37. The second-order valence-electron chi connectivity index (χ2n) is 2.60. The van der Waals surface area contributed by atoms with Crippen LogP contribution >= 0.6 is 0 Å². The van der Waals surface area contributed by atoms with E-state index < -0.39 is 4.92 Å². The van der Waals surface area contributed by atoms with Crippen LogP contribution in [0.1, 0.15) is 11.4 Å². The lowest BCUT2D eigenvalue weighted by Crippen LogP contribution is -1.99. The monoisotopic (exact) mass is 180 g/mol. The smallest absolute Gasteiger partial charge is 0.264 e. The van der Waals surface area contributed by atoms with Crippen LogP contribution in [0.2, 0.25) is 0 Å². The molecular weight excluding hydrogens is 172 g/mol. The van der Waals surface area contributed by atoms with Gasteiger partial charge in [0.25, 0.3) is 0 Å². The van der Waals surface area contributed by atoms with Crippen LogP contribution < -0.4 is 0 Å². The Hall–Kier alpha value is -1.90. The second-order valence-corrected chi connectivity index (χ2v) is 2.60. The Labute approximate surface area is 74.5 Å². The van der Waals surface area contributed by atoms with Crippen molar-refractivity contribution in [3.05, 3.63) is 21.5 Å². The van der Waals surface area contributed by atoms with Crippen LogP contribution in [-0.2, 0) is 13.5 Å². The van der Waals surface area contributed by atoms with Crippen molar-refractivity contribution in [2.24, 2.45) is 7.05 Å². The Morgan fingerprint density at radius 1 is 1.77 bits per heavy atom. The lowest BCUT2D eigenvalue weighted by atomic mass is 10.2. The van der Waals surface area contributed by atoms with Crippen molar-refractivity contribution in [3.8, 4) is 6.07 Å². The van der Waals surface area contributed by atoms with E-state index in [9.17, 15) is 10.1 Å². The summed E-state index contributed by atoms with van der Waals surface area (Å²) in [6, 6.07) is 1.87. The van der Waals surface area contributed by atoms with Crippen molar-refractivity contribution < 1.29 is 4.92 Å². The van der Waals surface area contributed by atoms with E-state index in [0.717, 1.165) is 0 Å². The minimum atomic E-state index is -0.505. The number of aryl methyl sites for hydroxylation is 2. The molecule has 0 saturated carbocycles. The molecule has 0 spiro atoms. The molecule has 6 nitrogen and oxygen atoms in total. The fourth-order valence-electron chi connectivity index (χ4n) is 1.21. The third-order valence-corrected chi connectivity index (χ3v) is 1.74. The van der Waals surface area contributed by atoms with Gasteiger partial charge in [-0.15, -0.1) is 0 Å². The van der Waals surface area contributed by atoms with E-state index in [0.29, 0.717) is 11.4 Å².